The molecule has 3 aromatic rings. The van der Waals surface area contributed by atoms with E-state index in [4.69, 9.17) is 11.6 Å². The van der Waals surface area contributed by atoms with Gasteiger partial charge >= 0.3 is 0 Å². The number of carbonyl (C=O) groups is 1. The van der Waals surface area contributed by atoms with E-state index in [1.54, 1.807) is 0 Å². The number of hydrogen-bond acceptors (Lipinski definition) is 1. The van der Waals surface area contributed by atoms with Crippen LogP contribution in [0.3, 0.4) is 0 Å². The molecule has 0 aliphatic heterocycles. The minimum atomic E-state index is 0.439. The van der Waals surface area contributed by atoms with E-state index in [-0.39, 0.29) is 0 Å². The summed E-state index contributed by atoms with van der Waals surface area (Å²) in [7, 11) is 0. The highest BCUT2D eigenvalue weighted by molar-refractivity contribution is 9.10. The van der Waals surface area contributed by atoms with Gasteiger partial charge in [0.1, 0.15) is 5.15 Å². The molecule has 0 atom stereocenters. The Morgan fingerprint density at radius 2 is 1.89 bits per heavy atom. The fourth-order valence-corrected chi connectivity index (χ4v) is 2.94. The number of halogens is 2. The lowest BCUT2D eigenvalue weighted by Crippen LogP contribution is -1.93. The molecule has 2 nitrogen and oxygen atoms in total. The van der Waals surface area contributed by atoms with Gasteiger partial charge in [0.05, 0.1) is 11.1 Å². The molecular formula is C15H9BrClNO. The topological polar surface area (TPSA) is 22.0 Å². The molecule has 19 heavy (non-hydrogen) atoms. The molecule has 1 aromatic heterocycles. The van der Waals surface area contributed by atoms with E-state index in [0.29, 0.717) is 10.7 Å². The summed E-state index contributed by atoms with van der Waals surface area (Å²) in [6.07, 6.45) is 0.805. The van der Waals surface area contributed by atoms with Crippen LogP contribution < -0.4 is 0 Å². The van der Waals surface area contributed by atoms with Crippen molar-refractivity contribution in [2.24, 2.45) is 0 Å². The number of nitrogens with zero attached hydrogens (tertiary/aromatic N) is 1. The van der Waals surface area contributed by atoms with Crippen molar-refractivity contribution in [3.8, 4) is 5.69 Å². The van der Waals surface area contributed by atoms with Crippen LogP contribution in [0, 0.1) is 0 Å². The molecule has 0 unspecified atom stereocenters. The van der Waals surface area contributed by atoms with Crippen LogP contribution in [0.4, 0.5) is 0 Å². The number of benzene rings is 2. The molecule has 0 bridgehead atoms. The Morgan fingerprint density at radius 3 is 2.63 bits per heavy atom. The van der Waals surface area contributed by atoms with E-state index in [0.717, 1.165) is 27.3 Å². The quantitative estimate of drug-likeness (QED) is 0.613. The first-order valence-electron chi connectivity index (χ1n) is 5.72. The van der Waals surface area contributed by atoms with Gasteiger partial charge in [0.25, 0.3) is 0 Å². The summed E-state index contributed by atoms with van der Waals surface area (Å²) >= 11 is 9.80. The van der Waals surface area contributed by atoms with E-state index in [9.17, 15) is 4.79 Å². The summed E-state index contributed by atoms with van der Waals surface area (Å²) in [5.74, 6) is 0. The zero-order valence-electron chi connectivity index (χ0n) is 9.81. The van der Waals surface area contributed by atoms with Gasteiger partial charge in [-0.05, 0) is 24.3 Å². The highest BCUT2D eigenvalue weighted by Crippen LogP contribution is 2.32. The van der Waals surface area contributed by atoms with Gasteiger partial charge in [0.2, 0.25) is 0 Å². The van der Waals surface area contributed by atoms with E-state index >= 15 is 0 Å². The first kappa shape index (κ1) is 12.5. The monoisotopic (exact) mass is 333 g/mol. The lowest BCUT2D eigenvalue weighted by molar-refractivity contribution is 0.112. The number of rotatable bonds is 2. The summed E-state index contributed by atoms with van der Waals surface area (Å²) < 4.78 is 2.84. The first-order valence-corrected chi connectivity index (χ1v) is 6.89. The number of hydrogen-bond donors (Lipinski definition) is 0. The largest absolute Gasteiger partial charge is 0.300 e. The molecule has 0 amide bonds. The number of para-hydroxylation sites is 1. The lowest BCUT2D eigenvalue weighted by Gasteiger charge is -2.07. The van der Waals surface area contributed by atoms with Crippen molar-refractivity contribution in [2.45, 2.75) is 0 Å². The second kappa shape index (κ2) is 4.83. The SMILES string of the molecule is O=Cc1c(Cl)n(-c2cccc(Br)c2)c2ccccc12. The molecule has 4 heteroatoms. The molecule has 1 heterocycles. The van der Waals surface area contributed by atoms with Crippen molar-refractivity contribution in [2.75, 3.05) is 0 Å². The van der Waals surface area contributed by atoms with Crippen molar-refractivity contribution >= 4 is 44.7 Å². The van der Waals surface area contributed by atoms with Gasteiger partial charge in [-0.2, -0.15) is 0 Å². The highest BCUT2D eigenvalue weighted by atomic mass is 79.9. The molecule has 3 rings (SSSR count). The maximum absolute atomic E-state index is 11.2. The molecular weight excluding hydrogens is 326 g/mol. The summed E-state index contributed by atoms with van der Waals surface area (Å²) in [5, 5.41) is 1.30. The van der Waals surface area contributed by atoms with Gasteiger partial charge in [-0.25, -0.2) is 0 Å². The Hall–Kier alpha value is -1.58. The van der Waals surface area contributed by atoms with Gasteiger partial charge in [-0.1, -0.05) is 51.8 Å². The average molecular weight is 335 g/mol. The number of fused-ring (bicyclic) bond motifs is 1. The van der Waals surface area contributed by atoms with Gasteiger partial charge in [0.15, 0.2) is 6.29 Å². The van der Waals surface area contributed by atoms with Crippen LogP contribution in [0.5, 0.6) is 0 Å². The Bertz CT molecular complexity index is 779. The fourth-order valence-electron chi connectivity index (χ4n) is 2.21. The standard InChI is InChI=1S/C15H9BrClNO/c16-10-4-3-5-11(8-10)18-14-7-2-1-6-12(14)13(9-19)15(18)17/h1-9H. The van der Waals surface area contributed by atoms with Gasteiger partial charge in [-0.3, -0.25) is 9.36 Å². The molecule has 0 aliphatic rings. The zero-order chi connectivity index (χ0) is 13.4. The van der Waals surface area contributed by atoms with Crippen LogP contribution in [0.2, 0.25) is 5.15 Å². The van der Waals surface area contributed by atoms with E-state index < -0.39 is 0 Å². The Balaban J connectivity index is 2.41. The zero-order valence-corrected chi connectivity index (χ0v) is 12.1. The molecule has 0 radical (unpaired) electrons. The van der Waals surface area contributed by atoms with Crippen molar-refractivity contribution < 1.29 is 4.79 Å². The number of carbonyl (C=O) groups excluding carboxylic acids is 1. The maximum Gasteiger partial charge on any atom is 0.153 e. The summed E-state index contributed by atoms with van der Waals surface area (Å²) in [6.45, 7) is 0. The first-order chi connectivity index (χ1) is 9.22. The van der Waals surface area contributed by atoms with Gasteiger partial charge in [-0.15, -0.1) is 0 Å². The third kappa shape index (κ3) is 1.99. The highest BCUT2D eigenvalue weighted by Gasteiger charge is 2.15. The summed E-state index contributed by atoms with van der Waals surface area (Å²) in [6, 6.07) is 15.5. The molecule has 0 saturated carbocycles. The number of aldehydes is 1. The fraction of sp³-hybridized carbons (Fsp3) is 0. The lowest BCUT2D eigenvalue weighted by atomic mass is 10.2. The molecule has 0 saturated heterocycles. The van der Waals surface area contributed by atoms with E-state index in [2.05, 4.69) is 15.9 Å². The van der Waals surface area contributed by atoms with Crippen molar-refractivity contribution in [3.05, 3.63) is 63.7 Å². The van der Waals surface area contributed by atoms with Crippen LogP contribution in [-0.2, 0) is 0 Å². The molecule has 2 aromatic carbocycles. The molecule has 0 spiro atoms. The average Bonchev–Trinajstić information content (AvgIpc) is 2.70. The van der Waals surface area contributed by atoms with Crippen molar-refractivity contribution in [1.29, 1.82) is 0 Å². The van der Waals surface area contributed by atoms with Crippen LogP contribution in [0.1, 0.15) is 10.4 Å². The van der Waals surface area contributed by atoms with Crippen LogP contribution >= 0.6 is 27.5 Å². The Labute approximate surface area is 123 Å². The number of aromatic nitrogens is 1. The summed E-state index contributed by atoms with van der Waals surface area (Å²) in [4.78, 5) is 11.2. The van der Waals surface area contributed by atoms with E-state index in [1.165, 1.54) is 0 Å². The van der Waals surface area contributed by atoms with Gasteiger partial charge in [0, 0.05) is 15.5 Å². The minimum absolute atomic E-state index is 0.439. The van der Waals surface area contributed by atoms with E-state index in [1.807, 2.05) is 53.1 Å². The third-order valence-electron chi connectivity index (χ3n) is 3.04. The van der Waals surface area contributed by atoms with Crippen molar-refractivity contribution in [3.63, 3.8) is 0 Å². The second-order valence-corrected chi connectivity index (χ2v) is 5.43. The maximum atomic E-state index is 11.2. The third-order valence-corrected chi connectivity index (χ3v) is 3.90. The van der Waals surface area contributed by atoms with Crippen LogP contribution in [0.25, 0.3) is 16.6 Å². The normalized spacial score (nSPS) is 10.8. The predicted octanol–water partition coefficient (Wildman–Crippen LogP) is 4.86. The molecule has 0 N–H and O–H groups in total. The predicted molar refractivity (Wildman–Crippen MR) is 81.4 cm³/mol. The molecule has 0 aliphatic carbocycles. The Morgan fingerprint density at radius 1 is 1.11 bits per heavy atom. The second-order valence-electron chi connectivity index (χ2n) is 4.15. The van der Waals surface area contributed by atoms with Gasteiger partial charge < -0.3 is 0 Å². The molecule has 0 fully saturated rings. The van der Waals surface area contributed by atoms with Crippen molar-refractivity contribution in [1.82, 2.24) is 4.57 Å². The Kier molecular flexibility index (Phi) is 3.17. The van der Waals surface area contributed by atoms with Crippen LogP contribution in [0.15, 0.2) is 53.0 Å². The summed E-state index contributed by atoms with van der Waals surface area (Å²) in [5.41, 5.74) is 2.37. The van der Waals surface area contributed by atoms with Crippen LogP contribution in [-0.4, -0.2) is 10.9 Å². The minimum Gasteiger partial charge on any atom is -0.300 e. The smallest absolute Gasteiger partial charge is 0.153 e. The molecule has 94 valence electrons.